The average molecular weight is 315 g/mol. The van der Waals surface area contributed by atoms with E-state index < -0.39 is 0 Å². The van der Waals surface area contributed by atoms with E-state index in [-0.39, 0.29) is 5.79 Å². The van der Waals surface area contributed by atoms with Crippen LogP contribution < -0.4 is 0 Å². The first-order valence-corrected chi connectivity index (χ1v) is 9.89. The molecule has 22 heavy (non-hydrogen) atoms. The molecule has 0 rings (SSSR count). The maximum atomic E-state index is 6.08. The molecule has 134 valence electrons. The standard InChI is InChI=1S/C20H42O2/c1-6-10-11-12-13-15-19(14-7-2)18-20(5,21-16-8-3)22-17-9-4/h19H,6-18H2,1-5H3. The number of hydrogen-bond acceptors (Lipinski definition) is 2. The van der Waals surface area contributed by atoms with Crippen molar-refractivity contribution >= 4 is 0 Å². The Hall–Kier alpha value is -0.0800. The van der Waals surface area contributed by atoms with Crippen molar-refractivity contribution < 1.29 is 9.47 Å². The minimum absolute atomic E-state index is 0.380. The van der Waals surface area contributed by atoms with Crippen LogP contribution in [0.3, 0.4) is 0 Å². The fourth-order valence-corrected chi connectivity index (χ4v) is 3.11. The highest BCUT2D eigenvalue weighted by molar-refractivity contribution is 4.71. The zero-order valence-electron chi connectivity index (χ0n) is 16.1. The lowest BCUT2D eigenvalue weighted by molar-refractivity contribution is -0.235. The first kappa shape index (κ1) is 21.9. The van der Waals surface area contributed by atoms with E-state index in [1.54, 1.807) is 0 Å². The molecule has 2 nitrogen and oxygen atoms in total. The summed E-state index contributed by atoms with van der Waals surface area (Å²) in [5.74, 6) is 0.361. The minimum Gasteiger partial charge on any atom is -0.350 e. The lowest BCUT2D eigenvalue weighted by Gasteiger charge is -2.33. The molecule has 0 saturated carbocycles. The van der Waals surface area contributed by atoms with Gasteiger partial charge in [0.05, 0.1) is 0 Å². The second-order valence-electron chi connectivity index (χ2n) is 6.89. The molecule has 0 radical (unpaired) electrons. The third-order valence-electron chi connectivity index (χ3n) is 4.30. The van der Waals surface area contributed by atoms with E-state index >= 15 is 0 Å². The first-order valence-electron chi connectivity index (χ1n) is 9.89. The van der Waals surface area contributed by atoms with Gasteiger partial charge in [0, 0.05) is 19.6 Å². The smallest absolute Gasteiger partial charge is 0.165 e. The molecule has 1 atom stereocenters. The van der Waals surface area contributed by atoms with Crippen LogP contribution in [0.4, 0.5) is 0 Å². The Kier molecular flexibility index (Phi) is 14.5. The van der Waals surface area contributed by atoms with Crippen LogP contribution in [0.25, 0.3) is 0 Å². The largest absolute Gasteiger partial charge is 0.350 e. The van der Waals surface area contributed by atoms with Gasteiger partial charge in [-0.15, -0.1) is 0 Å². The second kappa shape index (κ2) is 14.5. The van der Waals surface area contributed by atoms with E-state index in [0.29, 0.717) is 0 Å². The summed E-state index contributed by atoms with van der Waals surface area (Å²) in [7, 11) is 0. The predicted molar refractivity (Wildman–Crippen MR) is 97.3 cm³/mol. The molecule has 1 unspecified atom stereocenters. The van der Waals surface area contributed by atoms with Crippen LogP contribution in [0, 0.1) is 5.92 Å². The molecule has 0 bridgehead atoms. The average Bonchev–Trinajstić information content (AvgIpc) is 2.51. The quantitative estimate of drug-likeness (QED) is 0.232. The summed E-state index contributed by atoms with van der Waals surface area (Å²) in [6, 6.07) is 0. The number of ether oxygens (including phenoxy) is 2. The van der Waals surface area contributed by atoms with E-state index in [0.717, 1.165) is 38.4 Å². The highest BCUT2D eigenvalue weighted by atomic mass is 16.7. The Bertz CT molecular complexity index is 220. The molecular formula is C20H42O2. The van der Waals surface area contributed by atoms with Crippen molar-refractivity contribution in [2.24, 2.45) is 5.92 Å². The van der Waals surface area contributed by atoms with Crippen molar-refractivity contribution in [1.82, 2.24) is 0 Å². The molecule has 0 aromatic carbocycles. The SMILES string of the molecule is CCCCCCCC(CCC)CC(C)(OCCC)OCCC. The highest BCUT2D eigenvalue weighted by Crippen LogP contribution is 2.29. The van der Waals surface area contributed by atoms with E-state index in [9.17, 15) is 0 Å². The summed E-state index contributed by atoms with van der Waals surface area (Å²) in [5, 5.41) is 0. The van der Waals surface area contributed by atoms with Gasteiger partial charge in [0.1, 0.15) is 0 Å². The van der Waals surface area contributed by atoms with Gasteiger partial charge in [0.15, 0.2) is 5.79 Å². The van der Waals surface area contributed by atoms with Crippen molar-refractivity contribution in [3.63, 3.8) is 0 Å². The molecule has 0 aliphatic heterocycles. The molecular weight excluding hydrogens is 272 g/mol. The van der Waals surface area contributed by atoms with Crippen LogP contribution in [0.5, 0.6) is 0 Å². The van der Waals surface area contributed by atoms with E-state index in [2.05, 4.69) is 34.6 Å². The van der Waals surface area contributed by atoms with Crippen LogP contribution in [-0.2, 0) is 9.47 Å². The van der Waals surface area contributed by atoms with Gasteiger partial charge >= 0.3 is 0 Å². The second-order valence-corrected chi connectivity index (χ2v) is 6.89. The fraction of sp³-hybridized carbons (Fsp3) is 1.00. The van der Waals surface area contributed by atoms with Gasteiger partial charge in [-0.1, -0.05) is 79.1 Å². The van der Waals surface area contributed by atoms with Gasteiger partial charge in [-0.25, -0.2) is 0 Å². The van der Waals surface area contributed by atoms with Gasteiger partial charge in [0.2, 0.25) is 0 Å². The summed E-state index contributed by atoms with van der Waals surface area (Å²) in [6.07, 6.45) is 13.9. The number of rotatable bonds is 16. The predicted octanol–water partition coefficient (Wildman–Crippen LogP) is 6.72. The van der Waals surface area contributed by atoms with Gasteiger partial charge in [-0.2, -0.15) is 0 Å². The third kappa shape index (κ3) is 11.5. The molecule has 0 aromatic rings. The molecule has 0 N–H and O–H groups in total. The normalized spacial score (nSPS) is 13.5. The van der Waals surface area contributed by atoms with E-state index in [4.69, 9.17) is 9.47 Å². The van der Waals surface area contributed by atoms with Crippen LogP contribution in [0.15, 0.2) is 0 Å². The Balaban J connectivity index is 4.35. The van der Waals surface area contributed by atoms with Crippen LogP contribution >= 0.6 is 0 Å². The fourth-order valence-electron chi connectivity index (χ4n) is 3.11. The molecule has 0 aliphatic rings. The van der Waals surface area contributed by atoms with Crippen molar-refractivity contribution in [3.8, 4) is 0 Å². The van der Waals surface area contributed by atoms with Gasteiger partial charge in [0.25, 0.3) is 0 Å². The molecule has 2 heteroatoms. The van der Waals surface area contributed by atoms with Crippen LogP contribution in [0.1, 0.15) is 105 Å². The van der Waals surface area contributed by atoms with Crippen molar-refractivity contribution in [1.29, 1.82) is 0 Å². The number of hydrogen-bond donors (Lipinski definition) is 0. The van der Waals surface area contributed by atoms with E-state index in [1.807, 2.05) is 0 Å². The van der Waals surface area contributed by atoms with Gasteiger partial charge in [-0.05, 0) is 25.7 Å². The van der Waals surface area contributed by atoms with Gasteiger partial charge < -0.3 is 9.47 Å². The minimum atomic E-state index is -0.380. The Morgan fingerprint density at radius 3 is 1.77 bits per heavy atom. The molecule has 0 amide bonds. The Morgan fingerprint density at radius 2 is 1.27 bits per heavy atom. The summed E-state index contributed by atoms with van der Waals surface area (Å²) in [5.41, 5.74) is 0. The van der Waals surface area contributed by atoms with Gasteiger partial charge in [-0.3, -0.25) is 0 Å². The summed E-state index contributed by atoms with van der Waals surface area (Å²) >= 11 is 0. The molecule has 0 heterocycles. The van der Waals surface area contributed by atoms with Crippen molar-refractivity contribution in [2.75, 3.05) is 13.2 Å². The maximum Gasteiger partial charge on any atom is 0.165 e. The molecule has 0 spiro atoms. The molecule has 0 aromatic heterocycles. The number of unbranched alkanes of at least 4 members (excludes halogenated alkanes) is 4. The van der Waals surface area contributed by atoms with E-state index in [1.165, 1.54) is 51.4 Å². The maximum absolute atomic E-state index is 6.08. The molecule has 0 aliphatic carbocycles. The Labute approximate surface area is 140 Å². The van der Waals surface area contributed by atoms with Crippen molar-refractivity contribution in [3.05, 3.63) is 0 Å². The summed E-state index contributed by atoms with van der Waals surface area (Å²) in [4.78, 5) is 0. The third-order valence-corrected chi connectivity index (χ3v) is 4.30. The highest BCUT2D eigenvalue weighted by Gasteiger charge is 2.29. The van der Waals surface area contributed by atoms with Crippen LogP contribution in [-0.4, -0.2) is 19.0 Å². The topological polar surface area (TPSA) is 18.5 Å². The summed E-state index contributed by atoms with van der Waals surface area (Å²) in [6.45, 7) is 12.7. The molecule has 0 fully saturated rings. The molecule has 0 saturated heterocycles. The zero-order chi connectivity index (χ0) is 16.7. The lowest BCUT2D eigenvalue weighted by atomic mass is 9.89. The first-order chi connectivity index (χ1) is 10.6. The Morgan fingerprint density at radius 1 is 0.682 bits per heavy atom. The van der Waals surface area contributed by atoms with Crippen molar-refractivity contribution in [2.45, 2.75) is 111 Å². The zero-order valence-corrected chi connectivity index (χ0v) is 16.1. The lowest BCUT2D eigenvalue weighted by Crippen LogP contribution is -2.35. The van der Waals surface area contributed by atoms with Crippen LogP contribution in [0.2, 0.25) is 0 Å². The monoisotopic (exact) mass is 314 g/mol. The summed E-state index contributed by atoms with van der Waals surface area (Å²) < 4.78 is 12.2.